The van der Waals surface area contributed by atoms with E-state index >= 15 is 0 Å². The Morgan fingerprint density at radius 2 is 2.00 bits per heavy atom. The van der Waals surface area contributed by atoms with Crippen LogP contribution in [-0.2, 0) is 0 Å². The van der Waals surface area contributed by atoms with Crippen LogP contribution in [0.15, 0.2) is 48.7 Å². The second kappa shape index (κ2) is 4.24. The second-order valence-corrected chi connectivity index (χ2v) is 4.42. The Morgan fingerprint density at radius 1 is 1.21 bits per heavy atom. The van der Waals surface area contributed by atoms with E-state index in [0.717, 1.165) is 22.2 Å². The maximum absolute atomic E-state index is 10.9. The van der Waals surface area contributed by atoms with Gasteiger partial charge in [0.25, 0.3) is 0 Å². The molecule has 0 radical (unpaired) electrons. The highest BCUT2D eigenvalue weighted by Crippen LogP contribution is 2.21. The van der Waals surface area contributed by atoms with Crippen molar-refractivity contribution in [3.05, 3.63) is 59.8 Å². The van der Waals surface area contributed by atoms with Gasteiger partial charge in [-0.2, -0.15) is 5.10 Å². The summed E-state index contributed by atoms with van der Waals surface area (Å²) in [5.74, 6) is -0.917. The molecular formula is C15H12N2O2. The molecule has 1 aromatic heterocycles. The lowest BCUT2D eigenvalue weighted by Gasteiger charge is -2.08. The van der Waals surface area contributed by atoms with Crippen LogP contribution in [0.1, 0.15) is 15.9 Å². The summed E-state index contributed by atoms with van der Waals surface area (Å²) in [6.45, 7) is 1.89. The average Bonchev–Trinajstić information content (AvgIpc) is 2.82. The van der Waals surface area contributed by atoms with Gasteiger partial charge in [0, 0.05) is 5.39 Å². The number of rotatable bonds is 2. The first-order valence-electron chi connectivity index (χ1n) is 5.94. The number of carboxylic acids is 1. The number of hydrogen-bond donors (Lipinski definition) is 1. The molecule has 1 N–H and O–H groups in total. The molecule has 3 rings (SSSR count). The topological polar surface area (TPSA) is 55.1 Å². The molecule has 0 bridgehead atoms. The van der Waals surface area contributed by atoms with Crippen molar-refractivity contribution in [2.24, 2.45) is 0 Å². The third kappa shape index (κ3) is 1.87. The van der Waals surface area contributed by atoms with Gasteiger partial charge in [0.1, 0.15) is 0 Å². The zero-order chi connectivity index (χ0) is 13.4. The Kier molecular flexibility index (Phi) is 2.56. The van der Waals surface area contributed by atoms with Gasteiger partial charge in [-0.3, -0.25) is 0 Å². The van der Waals surface area contributed by atoms with E-state index < -0.39 is 5.97 Å². The molecule has 3 aromatic rings. The average molecular weight is 252 g/mol. The lowest BCUT2D eigenvalue weighted by Crippen LogP contribution is -2.02. The van der Waals surface area contributed by atoms with Crippen molar-refractivity contribution < 1.29 is 9.90 Å². The summed E-state index contributed by atoms with van der Waals surface area (Å²) in [5.41, 5.74) is 3.08. The molecule has 0 unspecified atom stereocenters. The minimum Gasteiger partial charge on any atom is -0.478 e. The molecule has 19 heavy (non-hydrogen) atoms. The van der Waals surface area contributed by atoms with Crippen molar-refractivity contribution in [1.29, 1.82) is 0 Å². The van der Waals surface area contributed by atoms with Gasteiger partial charge >= 0.3 is 5.97 Å². The molecular weight excluding hydrogens is 240 g/mol. The minimum absolute atomic E-state index is 0.290. The van der Waals surface area contributed by atoms with Crippen LogP contribution in [0, 0.1) is 6.92 Å². The Bertz CT molecular complexity index is 775. The number of aryl methyl sites for hydroxylation is 1. The van der Waals surface area contributed by atoms with Crippen LogP contribution in [0.2, 0.25) is 0 Å². The quantitative estimate of drug-likeness (QED) is 0.762. The Hall–Kier alpha value is -2.62. The number of carbonyl (C=O) groups is 1. The maximum Gasteiger partial charge on any atom is 0.335 e. The number of carboxylic acid groups (broad SMARTS) is 1. The van der Waals surface area contributed by atoms with Crippen LogP contribution in [0.4, 0.5) is 0 Å². The summed E-state index contributed by atoms with van der Waals surface area (Å²) in [6, 6.07) is 13.0. The summed E-state index contributed by atoms with van der Waals surface area (Å²) in [7, 11) is 0. The zero-order valence-electron chi connectivity index (χ0n) is 10.4. The smallest absolute Gasteiger partial charge is 0.335 e. The number of aromatic carboxylic acids is 1. The fraction of sp³-hybridized carbons (Fsp3) is 0.0667. The van der Waals surface area contributed by atoms with Crippen LogP contribution in [-0.4, -0.2) is 20.9 Å². The number of hydrogen-bond acceptors (Lipinski definition) is 2. The van der Waals surface area contributed by atoms with Gasteiger partial charge < -0.3 is 5.11 Å². The van der Waals surface area contributed by atoms with Crippen LogP contribution >= 0.6 is 0 Å². The predicted molar refractivity (Wildman–Crippen MR) is 72.8 cm³/mol. The summed E-state index contributed by atoms with van der Waals surface area (Å²) < 4.78 is 1.83. The summed E-state index contributed by atoms with van der Waals surface area (Å²) in [6.07, 6.45) is 1.81. The number of benzene rings is 2. The first-order chi connectivity index (χ1) is 9.16. The minimum atomic E-state index is -0.917. The van der Waals surface area contributed by atoms with E-state index in [9.17, 15) is 4.79 Å². The van der Waals surface area contributed by atoms with Crippen LogP contribution in [0.5, 0.6) is 0 Å². The third-order valence-corrected chi connectivity index (χ3v) is 3.15. The standard InChI is InChI=1S/C15H12N2O2/c1-10-8-11(15(18)19)6-7-13(10)17-14-5-3-2-4-12(14)9-16-17/h2-9H,1H3,(H,18,19). The molecule has 0 fully saturated rings. The highest BCUT2D eigenvalue weighted by molar-refractivity contribution is 5.88. The molecule has 0 aliphatic carbocycles. The van der Waals surface area contributed by atoms with Crippen molar-refractivity contribution in [2.75, 3.05) is 0 Å². The first-order valence-corrected chi connectivity index (χ1v) is 5.94. The van der Waals surface area contributed by atoms with Gasteiger partial charge in [0.05, 0.1) is 23.0 Å². The lowest BCUT2D eigenvalue weighted by molar-refractivity contribution is 0.0697. The third-order valence-electron chi connectivity index (χ3n) is 3.15. The molecule has 94 valence electrons. The zero-order valence-corrected chi connectivity index (χ0v) is 10.4. The van der Waals surface area contributed by atoms with Gasteiger partial charge in [0.2, 0.25) is 0 Å². The van der Waals surface area contributed by atoms with E-state index in [0.29, 0.717) is 0 Å². The molecule has 0 aliphatic rings. The number of para-hydroxylation sites is 1. The van der Waals surface area contributed by atoms with E-state index in [2.05, 4.69) is 5.10 Å². The molecule has 1 heterocycles. The summed E-state index contributed by atoms with van der Waals surface area (Å²) >= 11 is 0. The first kappa shape index (κ1) is 11.5. The number of fused-ring (bicyclic) bond motifs is 1. The van der Waals surface area contributed by atoms with E-state index in [1.165, 1.54) is 0 Å². The van der Waals surface area contributed by atoms with Crippen LogP contribution < -0.4 is 0 Å². The van der Waals surface area contributed by atoms with Crippen molar-refractivity contribution >= 4 is 16.9 Å². The van der Waals surface area contributed by atoms with Crippen LogP contribution in [0.25, 0.3) is 16.6 Å². The molecule has 4 heteroatoms. The monoisotopic (exact) mass is 252 g/mol. The highest BCUT2D eigenvalue weighted by atomic mass is 16.4. The molecule has 0 saturated carbocycles. The summed E-state index contributed by atoms with van der Waals surface area (Å²) in [5, 5.41) is 14.4. The molecule has 0 saturated heterocycles. The van der Waals surface area contributed by atoms with Gasteiger partial charge in [-0.1, -0.05) is 18.2 Å². The molecule has 0 spiro atoms. The van der Waals surface area contributed by atoms with Gasteiger partial charge in [-0.25, -0.2) is 9.48 Å². The Balaban J connectivity index is 2.19. The Morgan fingerprint density at radius 3 is 2.74 bits per heavy atom. The van der Waals surface area contributed by atoms with Crippen molar-refractivity contribution in [1.82, 2.24) is 9.78 Å². The molecule has 0 atom stereocenters. The van der Waals surface area contributed by atoms with Crippen molar-refractivity contribution in [2.45, 2.75) is 6.92 Å². The van der Waals surface area contributed by atoms with Crippen molar-refractivity contribution in [3.8, 4) is 5.69 Å². The SMILES string of the molecule is Cc1cc(C(=O)O)ccc1-n1ncc2ccccc21. The predicted octanol–water partition coefficient (Wildman–Crippen LogP) is 3.03. The van der Waals surface area contributed by atoms with E-state index in [1.54, 1.807) is 24.4 Å². The van der Waals surface area contributed by atoms with Crippen molar-refractivity contribution in [3.63, 3.8) is 0 Å². The number of aromatic nitrogens is 2. The number of nitrogens with zero attached hydrogens (tertiary/aromatic N) is 2. The lowest BCUT2D eigenvalue weighted by atomic mass is 10.1. The normalized spacial score (nSPS) is 10.8. The molecule has 4 nitrogen and oxygen atoms in total. The molecule has 0 amide bonds. The second-order valence-electron chi connectivity index (χ2n) is 4.42. The van der Waals surface area contributed by atoms with Gasteiger partial charge in [0.15, 0.2) is 0 Å². The highest BCUT2D eigenvalue weighted by Gasteiger charge is 2.09. The summed E-state index contributed by atoms with van der Waals surface area (Å²) in [4.78, 5) is 10.9. The van der Waals surface area contributed by atoms with Crippen LogP contribution in [0.3, 0.4) is 0 Å². The van der Waals surface area contributed by atoms with Gasteiger partial charge in [-0.05, 0) is 36.8 Å². The largest absolute Gasteiger partial charge is 0.478 e. The van der Waals surface area contributed by atoms with Gasteiger partial charge in [-0.15, -0.1) is 0 Å². The van der Waals surface area contributed by atoms with E-state index in [-0.39, 0.29) is 5.56 Å². The van der Waals surface area contributed by atoms with E-state index in [4.69, 9.17) is 5.11 Å². The fourth-order valence-electron chi connectivity index (χ4n) is 2.19. The fourth-order valence-corrected chi connectivity index (χ4v) is 2.19. The molecule has 2 aromatic carbocycles. The Labute approximate surface area is 109 Å². The van der Waals surface area contributed by atoms with E-state index in [1.807, 2.05) is 35.9 Å². The maximum atomic E-state index is 10.9. The molecule has 0 aliphatic heterocycles.